The number of rotatable bonds is 10. The first-order valence-electron chi connectivity index (χ1n) is 10.5. The summed E-state index contributed by atoms with van der Waals surface area (Å²) in [6.07, 6.45) is 4.06. The highest BCUT2D eigenvalue weighted by Crippen LogP contribution is 2.28. The van der Waals surface area contributed by atoms with E-state index in [1.807, 2.05) is 43.6 Å². The van der Waals surface area contributed by atoms with E-state index in [4.69, 9.17) is 9.47 Å². The molecular weight excluding hydrogens is 426 g/mol. The maximum absolute atomic E-state index is 13.5. The van der Waals surface area contributed by atoms with Gasteiger partial charge in [-0.3, -0.25) is 4.68 Å². The Morgan fingerprint density at radius 1 is 1.00 bits per heavy atom. The van der Waals surface area contributed by atoms with Gasteiger partial charge in [0.2, 0.25) is 10.0 Å². The van der Waals surface area contributed by atoms with Crippen LogP contribution in [0.1, 0.15) is 36.5 Å². The van der Waals surface area contributed by atoms with Gasteiger partial charge >= 0.3 is 0 Å². The molecule has 0 spiro atoms. The van der Waals surface area contributed by atoms with Gasteiger partial charge < -0.3 is 9.47 Å². The Balaban J connectivity index is 1.87. The maximum Gasteiger partial charge on any atom is 0.243 e. The van der Waals surface area contributed by atoms with E-state index in [9.17, 15) is 8.42 Å². The van der Waals surface area contributed by atoms with Crippen molar-refractivity contribution in [3.8, 4) is 11.5 Å². The van der Waals surface area contributed by atoms with Gasteiger partial charge in [0, 0.05) is 31.9 Å². The molecule has 0 bridgehead atoms. The summed E-state index contributed by atoms with van der Waals surface area (Å²) in [4.78, 5) is 0.290. The number of hydrogen-bond acceptors (Lipinski definition) is 5. The summed E-state index contributed by atoms with van der Waals surface area (Å²) >= 11 is 0. The molecule has 2 aromatic carbocycles. The topological polar surface area (TPSA) is 73.7 Å². The molecule has 0 N–H and O–H groups in total. The second kappa shape index (κ2) is 10.2. The fourth-order valence-electron chi connectivity index (χ4n) is 3.51. The molecule has 0 unspecified atom stereocenters. The Kier molecular flexibility index (Phi) is 7.58. The molecule has 0 aliphatic rings. The lowest BCUT2D eigenvalue weighted by atomic mass is 10.0. The van der Waals surface area contributed by atoms with Crippen molar-refractivity contribution in [2.45, 2.75) is 37.6 Å². The van der Waals surface area contributed by atoms with E-state index < -0.39 is 10.0 Å². The van der Waals surface area contributed by atoms with Crippen LogP contribution in [0, 0.1) is 0 Å². The van der Waals surface area contributed by atoms with E-state index in [-0.39, 0.29) is 11.4 Å². The summed E-state index contributed by atoms with van der Waals surface area (Å²) in [7, 11) is 1.30. The van der Waals surface area contributed by atoms with Gasteiger partial charge in [0.25, 0.3) is 0 Å². The second-order valence-corrected chi connectivity index (χ2v) is 9.96. The first kappa shape index (κ1) is 23.8. The molecule has 1 heterocycles. The molecule has 0 saturated heterocycles. The molecule has 8 heteroatoms. The Morgan fingerprint density at radius 2 is 1.69 bits per heavy atom. The van der Waals surface area contributed by atoms with Crippen molar-refractivity contribution in [1.29, 1.82) is 0 Å². The minimum atomic E-state index is -3.69. The molecule has 1 aromatic heterocycles. The van der Waals surface area contributed by atoms with Gasteiger partial charge in [-0.1, -0.05) is 32.0 Å². The lowest BCUT2D eigenvalue weighted by molar-refractivity contribution is 0.354. The van der Waals surface area contributed by atoms with E-state index in [0.717, 1.165) is 16.7 Å². The number of hydrogen-bond donors (Lipinski definition) is 0. The zero-order valence-electron chi connectivity index (χ0n) is 19.3. The Hall–Kier alpha value is -2.84. The molecular formula is C24H31N3O4S. The average molecular weight is 458 g/mol. The van der Waals surface area contributed by atoms with Crippen LogP contribution in [0.15, 0.2) is 59.8 Å². The highest BCUT2D eigenvalue weighted by Gasteiger charge is 2.25. The van der Waals surface area contributed by atoms with Gasteiger partial charge in [-0.05, 0) is 47.7 Å². The number of ether oxygens (including phenoxy) is 2. The van der Waals surface area contributed by atoms with Gasteiger partial charge in [-0.25, -0.2) is 8.42 Å². The second-order valence-electron chi connectivity index (χ2n) is 8.02. The van der Waals surface area contributed by atoms with Crippen LogP contribution in [-0.4, -0.2) is 43.3 Å². The number of aryl methyl sites for hydroxylation is 1. The summed E-state index contributed by atoms with van der Waals surface area (Å²) in [5, 5.41) is 4.18. The van der Waals surface area contributed by atoms with E-state index >= 15 is 0 Å². The van der Waals surface area contributed by atoms with Crippen molar-refractivity contribution < 1.29 is 17.9 Å². The largest absolute Gasteiger partial charge is 0.493 e. The first-order chi connectivity index (χ1) is 15.2. The van der Waals surface area contributed by atoms with Crippen molar-refractivity contribution in [2.24, 2.45) is 7.05 Å². The first-order valence-corrected chi connectivity index (χ1v) is 12.0. The standard InChI is InChI=1S/C24H31N3O4S/c1-18(2)21-7-9-22(10-8-21)32(28,29)27(17-20-15-25-26(3)16-20)13-12-19-6-11-23(30-4)24(14-19)31-5/h6-11,14-16,18H,12-13,17H2,1-5H3. The number of sulfonamides is 1. The molecule has 0 saturated carbocycles. The van der Waals surface area contributed by atoms with Crippen LogP contribution in [0.5, 0.6) is 11.5 Å². The van der Waals surface area contributed by atoms with E-state index in [0.29, 0.717) is 30.4 Å². The van der Waals surface area contributed by atoms with E-state index in [1.54, 1.807) is 37.2 Å². The fraction of sp³-hybridized carbons (Fsp3) is 0.375. The van der Waals surface area contributed by atoms with Gasteiger partial charge in [0.05, 0.1) is 25.3 Å². The Morgan fingerprint density at radius 3 is 2.25 bits per heavy atom. The Labute approximate surface area is 190 Å². The van der Waals surface area contributed by atoms with E-state index in [2.05, 4.69) is 18.9 Å². The van der Waals surface area contributed by atoms with Gasteiger partial charge in [-0.2, -0.15) is 9.40 Å². The molecule has 0 aliphatic carbocycles. The summed E-state index contributed by atoms with van der Waals surface area (Å²) in [5.41, 5.74) is 2.90. The van der Waals surface area contributed by atoms with Crippen LogP contribution in [0.25, 0.3) is 0 Å². The zero-order valence-corrected chi connectivity index (χ0v) is 20.1. The highest BCUT2D eigenvalue weighted by atomic mass is 32.2. The van der Waals surface area contributed by atoms with Crippen molar-refractivity contribution >= 4 is 10.0 Å². The molecule has 172 valence electrons. The molecule has 3 aromatic rings. The summed E-state index contributed by atoms with van der Waals surface area (Å²) in [5.74, 6) is 1.60. The summed E-state index contributed by atoms with van der Waals surface area (Å²) < 4.78 is 40.9. The van der Waals surface area contributed by atoms with Crippen LogP contribution in [0.2, 0.25) is 0 Å². The molecule has 0 atom stereocenters. The third-order valence-electron chi connectivity index (χ3n) is 5.40. The van der Waals surface area contributed by atoms with Gasteiger partial charge in [-0.15, -0.1) is 0 Å². The average Bonchev–Trinajstić information content (AvgIpc) is 3.20. The van der Waals surface area contributed by atoms with Crippen molar-refractivity contribution in [1.82, 2.24) is 14.1 Å². The number of benzene rings is 2. The highest BCUT2D eigenvalue weighted by molar-refractivity contribution is 7.89. The normalized spacial score (nSPS) is 11.8. The van der Waals surface area contributed by atoms with Crippen LogP contribution in [-0.2, 0) is 30.0 Å². The summed E-state index contributed by atoms with van der Waals surface area (Å²) in [6.45, 7) is 4.73. The van der Waals surface area contributed by atoms with Crippen molar-refractivity contribution in [2.75, 3.05) is 20.8 Å². The number of nitrogens with zero attached hydrogens (tertiary/aromatic N) is 3. The van der Waals surface area contributed by atoms with Gasteiger partial charge in [0.1, 0.15) is 0 Å². The molecule has 0 radical (unpaired) electrons. The quantitative estimate of drug-likeness (QED) is 0.460. The molecule has 0 amide bonds. The SMILES string of the molecule is COc1ccc(CCN(Cc2cnn(C)c2)S(=O)(=O)c2ccc(C(C)C)cc2)cc1OC. The lowest BCUT2D eigenvalue weighted by Gasteiger charge is -2.22. The molecule has 7 nitrogen and oxygen atoms in total. The van der Waals surface area contributed by atoms with Gasteiger partial charge in [0.15, 0.2) is 11.5 Å². The molecule has 32 heavy (non-hydrogen) atoms. The third-order valence-corrected chi connectivity index (χ3v) is 7.26. The smallest absolute Gasteiger partial charge is 0.243 e. The minimum Gasteiger partial charge on any atom is -0.493 e. The molecule has 0 fully saturated rings. The van der Waals surface area contributed by atoms with Crippen LogP contribution in [0.3, 0.4) is 0 Å². The lowest BCUT2D eigenvalue weighted by Crippen LogP contribution is -2.32. The van der Waals surface area contributed by atoms with Crippen molar-refractivity contribution in [3.63, 3.8) is 0 Å². The third kappa shape index (κ3) is 5.49. The maximum atomic E-state index is 13.5. The molecule has 0 aliphatic heterocycles. The monoisotopic (exact) mass is 457 g/mol. The fourth-order valence-corrected chi connectivity index (χ4v) is 4.93. The minimum absolute atomic E-state index is 0.245. The summed E-state index contributed by atoms with van der Waals surface area (Å²) in [6, 6.07) is 12.8. The number of methoxy groups -OCH3 is 2. The predicted octanol–water partition coefficient (Wildman–Crippen LogP) is 3.99. The zero-order chi connectivity index (χ0) is 23.3. The van der Waals surface area contributed by atoms with E-state index in [1.165, 1.54) is 4.31 Å². The van der Waals surface area contributed by atoms with Crippen molar-refractivity contribution in [3.05, 3.63) is 71.5 Å². The van der Waals surface area contributed by atoms with Crippen LogP contribution >= 0.6 is 0 Å². The van der Waals surface area contributed by atoms with Crippen LogP contribution in [0.4, 0.5) is 0 Å². The molecule has 3 rings (SSSR count). The number of aromatic nitrogens is 2. The predicted molar refractivity (Wildman–Crippen MR) is 125 cm³/mol. The van der Waals surface area contributed by atoms with Crippen LogP contribution < -0.4 is 9.47 Å². The Bertz CT molecular complexity index is 1140.